The molecule has 0 spiro atoms. The third-order valence-corrected chi connectivity index (χ3v) is 2.78. The molecular formula is C13H15BrO2. The molecule has 3 heteroatoms. The third-order valence-electron chi connectivity index (χ3n) is 2.29. The van der Waals surface area contributed by atoms with Gasteiger partial charge in [-0.25, -0.2) is 0 Å². The van der Waals surface area contributed by atoms with Crippen LogP contribution in [0.1, 0.15) is 36.2 Å². The van der Waals surface area contributed by atoms with Crippen molar-refractivity contribution in [1.29, 1.82) is 0 Å². The lowest BCUT2D eigenvalue weighted by atomic mass is 9.97. The molecule has 1 aromatic carbocycles. The van der Waals surface area contributed by atoms with Gasteiger partial charge in [-0.15, -0.1) is 0 Å². The number of ketones is 2. The topological polar surface area (TPSA) is 34.1 Å². The molecule has 16 heavy (non-hydrogen) atoms. The summed E-state index contributed by atoms with van der Waals surface area (Å²) in [5.41, 5.74) is 1.34. The van der Waals surface area contributed by atoms with Gasteiger partial charge in [0.05, 0.1) is 0 Å². The summed E-state index contributed by atoms with van der Waals surface area (Å²) >= 11 is 3.30. The first kappa shape index (κ1) is 13.1. The Morgan fingerprint density at radius 2 is 1.94 bits per heavy atom. The summed E-state index contributed by atoms with van der Waals surface area (Å²) in [5.74, 6) is -0.479. The minimum absolute atomic E-state index is 0.212. The highest BCUT2D eigenvalue weighted by Crippen LogP contribution is 2.17. The number of hydrogen-bond donors (Lipinski definition) is 0. The van der Waals surface area contributed by atoms with Crippen LogP contribution in [0.2, 0.25) is 0 Å². The van der Waals surface area contributed by atoms with Crippen LogP contribution in [0.15, 0.2) is 22.7 Å². The molecule has 0 aliphatic carbocycles. The van der Waals surface area contributed by atoms with E-state index in [1.807, 2.05) is 32.9 Å². The average Bonchev–Trinajstić information content (AvgIpc) is 2.19. The van der Waals surface area contributed by atoms with Crippen molar-refractivity contribution in [2.75, 3.05) is 0 Å². The normalized spacial score (nSPS) is 10.6. The predicted octanol–water partition coefficient (Wildman–Crippen LogP) is 3.56. The number of halogens is 1. The molecule has 0 fully saturated rings. The van der Waals surface area contributed by atoms with E-state index in [1.54, 1.807) is 6.07 Å². The summed E-state index contributed by atoms with van der Waals surface area (Å²) in [5, 5.41) is 0. The minimum atomic E-state index is -0.382. The van der Waals surface area contributed by atoms with Crippen molar-refractivity contribution in [3.05, 3.63) is 33.8 Å². The van der Waals surface area contributed by atoms with Crippen LogP contribution in [-0.2, 0) is 4.79 Å². The Hall–Kier alpha value is -0.960. The van der Waals surface area contributed by atoms with Crippen molar-refractivity contribution >= 4 is 27.5 Å². The first-order valence-electron chi connectivity index (χ1n) is 5.25. The van der Waals surface area contributed by atoms with E-state index in [1.165, 1.54) is 0 Å². The van der Waals surface area contributed by atoms with Crippen LogP contribution in [0, 0.1) is 12.8 Å². The largest absolute Gasteiger partial charge is 0.290 e. The highest BCUT2D eigenvalue weighted by atomic mass is 79.9. The average molecular weight is 283 g/mol. The summed E-state index contributed by atoms with van der Waals surface area (Å²) in [4.78, 5) is 23.5. The van der Waals surface area contributed by atoms with E-state index >= 15 is 0 Å². The Labute approximate surface area is 104 Å². The number of rotatable bonds is 4. The molecule has 0 saturated heterocycles. The molecule has 1 aromatic rings. The maximum atomic E-state index is 11.9. The molecule has 86 valence electrons. The first-order chi connectivity index (χ1) is 7.41. The van der Waals surface area contributed by atoms with E-state index < -0.39 is 0 Å². The van der Waals surface area contributed by atoms with Crippen molar-refractivity contribution in [3.8, 4) is 0 Å². The van der Waals surface area contributed by atoms with Gasteiger partial charge in [0.15, 0.2) is 0 Å². The molecule has 0 atom stereocenters. The number of Topliss-reactive ketones (excluding diaryl/α,β-unsaturated/α-hetero) is 2. The number of carbonyl (C=O) groups is 2. The van der Waals surface area contributed by atoms with E-state index in [0.717, 1.165) is 10.0 Å². The second-order valence-electron chi connectivity index (χ2n) is 4.31. The third kappa shape index (κ3) is 3.27. The summed E-state index contributed by atoms with van der Waals surface area (Å²) < 4.78 is 0.818. The molecule has 0 saturated carbocycles. The molecule has 0 heterocycles. The predicted molar refractivity (Wildman–Crippen MR) is 67.7 cm³/mol. The maximum Gasteiger partial charge on any atom is 0.228 e. The van der Waals surface area contributed by atoms with Crippen molar-refractivity contribution < 1.29 is 9.59 Å². The van der Waals surface area contributed by atoms with E-state index in [2.05, 4.69) is 15.9 Å². The SMILES string of the molecule is Cc1ccc(Br)cc1C(=O)C(=O)CC(C)C. The fraction of sp³-hybridized carbons (Fsp3) is 0.385. The van der Waals surface area contributed by atoms with Crippen LogP contribution in [0.25, 0.3) is 0 Å². The zero-order chi connectivity index (χ0) is 12.3. The van der Waals surface area contributed by atoms with Crippen molar-refractivity contribution in [3.63, 3.8) is 0 Å². The van der Waals surface area contributed by atoms with Crippen molar-refractivity contribution in [2.45, 2.75) is 27.2 Å². The van der Waals surface area contributed by atoms with Crippen molar-refractivity contribution in [1.82, 2.24) is 0 Å². The van der Waals surface area contributed by atoms with Crippen LogP contribution < -0.4 is 0 Å². The second-order valence-corrected chi connectivity index (χ2v) is 5.23. The molecule has 0 amide bonds. The van der Waals surface area contributed by atoms with Gasteiger partial charge in [0, 0.05) is 16.5 Å². The molecule has 0 aliphatic rings. The van der Waals surface area contributed by atoms with Gasteiger partial charge in [0.25, 0.3) is 0 Å². The Balaban J connectivity index is 2.96. The lowest BCUT2D eigenvalue weighted by molar-refractivity contribution is -0.115. The summed E-state index contributed by atoms with van der Waals surface area (Å²) in [7, 11) is 0. The molecule has 0 bridgehead atoms. The van der Waals surface area contributed by atoms with Gasteiger partial charge in [-0.05, 0) is 30.5 Å². The van der Waals surface area contributed by atoms with Crippen LogP contribution >= 0.6 is 15.9 Å². The van der Waals surface area contributed by atoms with E-state index in [-0.39, 0.29) is 17.5 Å². The zero-order valence-electron chi connectivity index (χ0n) is 9.71. The van der Waals surface area contributed by atoms with E-state index in [0.29, 0.717) is 12.0 Å². The molecule has 0 N–H and O–H groups in total. The number of benzene rings is 1. The Kier molecular flexibility index (Phi) is 4.42. The van der Waals surface area contributed by atoms with Crippen LogP contribution in [0.4, 0.5) is 0 Å². The highest BCUT2D eigenvalue weighted by Gasteiger charge is 2.19. The molecule has 0 unspecified atom stereocenters. The lowest BCUT2D eigenvalue weighted by Crippen LogP contribution is -2.17. The number of aryl methyl sites for hydroxylation is 1. The first-order valence-corrected chi connectivity index (χ1v) is 6.04. The standard InChI is InChI=1S/C13H15BrO2/c1-8(2)6-12(15)13(16)11-7-10(14)5-4-9(11)3/h4-5,7-8H,6H2,1-3H3. The zero-order valence-corrected chi connectivity index (χ0v) is 11.3. The number of hydrogen-bond acceptors (Lipinski definition) is 2. The van der Waals surface area contributed by atoms with Crippen molar-refractivity contribution in [2.24, 2.45) is 5.92 Å². The Morgan fingerprint density at radius 1 is 1.31 bits per heavy atom. The Morgan fingerprint density at radius 3 is 2.50 bits per heavy atom. The lowest BCUT2D eigenvalue weighted by Gasteiger charge is -2.06. The molecule has 2 nitrogen and oxygen atoms in total. The maximum absolute atomic E-state index is 11.9. The molecule has 0 radical (unpaired) electrons. The fourth-order valence-corrected chi connectivity index (χ4v) is 1.81. The van der Waals surface area contributed by atoms with Gasteiger partial charge in [-0.2, -0.15) is 0 Å². The summed E-state index contributed by atoms with van der Waals surface area (Å²) in [6, 6.07) is 5.40. The van der Waals surface area contributed by atoms with E-state index in [9.17, 15) is 9.59 Å². The van der Waals surface area contributed by atoms with Gasteiger partial charge in [0.1, 0.15) is 0 Å². The monoisotopic (exact) mass is 282 g/mol. The minimum Gasteiger partial charge on any atom is -0.290 e. The van der Waals surface area contributed by atoms with Gasteiger partial charge in [0.2, 0.25) is 11.6 Å². The molecule has 1 rings (SSSR count). The molecule has 0 aromatic heterocycles. The van der Waals surface area contributed by atoms with Gasteiger partial charge >= 0.3 is 0 Å². The second kappa shape index (κ2) is 5.39. The summed E-state index contributed by atoms with van der Waals surface area (Å²) in [6.45, 7) is 5.69. The van der Waals surface area contributed by atoms with Crippen LogP contribution in [-0.4, -0.2) is 11.6 Å². The fourth-order valence-electron chi connectivity index (χ4n) is 1.45. The van der Waals surface area contributed by atoms with Crippen LogP contribution in [0.5, 0.6) is 0 Å². The molecular weight excluding hydrogens is 268 g/mol. The molecule has 0 aliphatic heterocycles. The smallest absolute Gasteiger partial charge is 0.228 e. The van der Waals surface area contributed by atoms with Gasteiger partial charge in [-0.1, -0.05) is 35.8 Å². The Bertz CT molecular complexity index is 422. The van der Waals surface area contributed by atoms with E-state index in [4.69, 9.17) is 0 Å². The highest BCUT2D eigenvalue weighted by molar-refractivity contribution is 9.10. The van der Waals surface area contributed by atoms with Crippen LogP contribution in [0.3, 0.4) is 0 Å². The van der Waals surface area contributed by atoms with Gasteiger partial charge < -0.3 is 0 Å². The number of carbonyl (C=O) groups excluding carboxylic acids is 2. The summed E-state index contributed by atoms with van der Waals surface area (Å²) in [6.07, 6.45) is 0.310. The van der Waals surface area contributed by atoms with Gasteiger partial charge in [-0.3, -0.25) is 9.59 Å². The quantitative estimate of drug-likeness (QED) is 0.625.